The largest absolute Gasteiger partial charge is 0.394 e. The molecule has 2 aliphatic rings. The summed E-state index contributed by atoms with van der Waals surface area (Å²) in [4.78, 5) is 25.5. The highest BCUT2D eigenvalue weighted by Gasteiger charge is 2.55. The summed E-state index contributed by atoms with van der Waals surface area (Å²) >= 11 is 1.98. The number of carbonyl (C=O) groups excluding carboxylic acids is 2. The van der Waals surface area contributed by atoms with Crippen molar-refractivity contribution in [2.45, 2.75) is 47.9 Å². The van der Waals surface area contributed by atoms with Gasteiger partial charge in [0.25, 0.3) is 0 Å². The number of aliphatic hydroxyl groups excluding tert-OH is 2. The van der Waals surface area contributed by atoms with Crippen LogP contribution in [0.25, 0.3) is 0 Å². The zero-order chi connectivity index (χ0) is 15.8. The molecule has 2 heterocycles. The zero-order valence-corrected chi connectivity index (χ0v) is 13.9. The summed E-state index contributed by atoms with van der Waals surface area (Å²) in [5.41, 5.74) is 0. The molecular weight excluding hydrogens is 395 g/mol. The highest BCUT2D eigenvalue weighted by Crippen LogP contribution is 2.38. The molecule has 0 bridgehead atoms. The minimum atomic E-state index is -0.938. The summed E-state index contributed by atoms with van der Waals surface area (Å²) < 4.78 is 9.95. The predicted molar refractivity (Wildman–Crippen MR) is 79.6 cm³/mol. The van der Waals surface area contributed by atoms with Crippen LogP contribution in [0.3, 0.4) is 0 Å². The maximum atomic E-state index is 12.2. The van der Waals surface area contributed by atoms with E-state index in [1.54, 1.807) is 0 Å². The summed E-state index contributed by atoms with van der Waals surface area (Å²) in [6.45, 7) is 1.49. The van der Waals surface area contributed by atoms with Crippen LogP contribution in [0.2, 0.25) is 0 Å². The molecule has 2 saturated heterocycles. The Hall–Kier alpha value is -0.490. The molecule has 2 fully saturated rings. The summed E-state index contributed by atoms with van der Waals surface area (Å²) in [6, 6.07) is -0.622. The number of methoxy groups -OCH3 is 1. The van der Waals surface area contributed by atoms with E-state index in [0.717, 1.165) is 0 Å². The highest BCUT2D eigenvalue weighted by molar-refractivity contribution is 14.1. The van der Waals surface area contributed by atoms with Crippen LogP contribution in [0, 0.1) is 0 Å². The molecule has 9 heteroatoms. The number of rotatable bonds is 4. The topological polar surface area (TPSA) is 108 Å². The average molecular weight is 414 g/mol. The van der Waals surface area contributed by atoms with Gasteiger partial charge in [0.05, 0.1) is 12.7 Å². The van der Waals surface area contributed by atoms with Crippen molar-refractivity contribution in [2.24, 2.45) is 0 Å². The molecule has 0 radical (unpaired) electrons. The fourth-order valence-corrected chi connectivity index (χ4v) is 3.36. The predicted octanol–water partition coefficient (Wildman–Crippen LogP) is -0.437. The van der Waals surface area contributed by atoms with Gasteiger partial charge < -0.3 is 19.7 Å². The van der Waals surface area contributed by atoms with Crippen molar-refractivity contribution in [3.8, 4) is 0 Å². The van der Waals surface area contributed by atoms with Gasteiger partial charge in [0.1, 0.15) is 15.8 Å². The van der Waals surface area contributed by atoms with Crippen LogP contribution in [0.15, 0.2) is 0 Å². The van der Waals surface area contributed by atoms with Crippen molar-refractivity contribution < 1.29 is 29.3 Å². The maximum absolute atomic E-state index is 12.2. The molecule has 3 amide bonds. The van der Waals surface area contributed by atoms with E-state index in [1.807, 2.05) is 29.5 Å². The molecule has 0 unspecified atom stereocenters. The highest BCUT2D eigenvalue weighted by atomic mass is 127. The zero-order valence-electron chi connectivity index (χ0n) is 11.8. The van der Waals surface area contributed by atoms with E-state index >= 15 is 0 Å². The molecule has 0 aliphatic carbocycles. The fourth-order valence-electron chi connectivity index (χ4n) is 2.67. The van der Waals surface area contributed by atoms with Crippen molar-refractivity contribution in [3.05, 3.63) is 0 Å². The second-order valence-corrected chi connectivity index (χ2v) is 7.01. The Labute approximate surface area is 135 Å². The SMILES string of the molecule is CC[C@]1(I)C(=O)NC(=O)N([C@H]2C[C@H](O)[C@@H](CO)O2)[C@@H]1OC. The summed E-state index contributed by atoms with van der Waals surface area (Å²) in [7, 11) is 1.42. The van der Waals surface area contributed by atoms with Crippen LogP contribution in [-0.2, 0) is 14.3 Å². The first kappa shape index (κ1) is 16.9. The van der Waals surface area contributed by atoms with Gasteiger partial charge in [-0.3, -0.25) is 15.0 Å². The average Bonchev–Trinajstić information content (AvgIpc) is 2.82. The van der Waals surface area contributed by atoms with E-state index in [2.05, 4.69) is 5.32 Å². The minimum Gasteiger partial charge on any atom is -0.394 e. The fraction of sp³-hybridized carbons (Fsp3) is 0.833. The van der Waals surface area contributed by atoms with E-state index in [0.29, 0.717) is 6.42 Å². The molecule has 120 valence electrons. The number of nitrogens with zero attached hydrogens (tertiary/aromatic N) is 1. The Kier molecular flexibility index (Phi) is 5.08. The van der Waals surface area contributed by atoms with Crippen LogP contribution in [0.1, 0.15) is 19.8 Å². The smallest absolute Gasteiger partial charge is 0.328 e. The van der Waals surface area contributed by atoms with Gasteiger partial charge in [-0.05, 0) is 6.42 Å². The lowest BCUT2D eigenvalue weighted by atomic mass is 9.99. The van der Waals surface area contributed by atoms with Crippen LogP contribution >= 0.6 is 22.6 Å². The van der Waals surface area contributed by atoms with Gasteiger partial charge in [-0.2, -0.15) is 0 Å². The number of urea groups is 1. The van der Waals surface area contributed by atoms with Crippen molar-refractivity contribution in [1.29, 1.82) is 0 Å². The number of aliphatic hydroxyl groups is 2. The number of imide groups is 1. The van der Waals surface area contributed by atoms with Gasteiger partial charge in [0.15, 0.2) is 6.23 Å². The number of carbonyl (C=O) groups is 2. The third-order valence-electron chi connectivity index (χ3n) is 3.91. The summed E-state index contributed by atoms with van der Waals surface area (Å²) in [5.74, 6) is -0.407. The molecular formula is C12H19IN2O6. The molecule has 8 nitrogen and oxygen atoms in total. The first-order chi connectivity index (χ1) is 9.88. The van der Waals surface area contributed by atoms with E-state index in [1.165, 1.54) is 12.0 Å². The normalized spacial score (nSPS) is 40.5. The number of alkyl halides is 1. The van der Waals surface area contributed by atoms with Crippen molar-refractivity contribution in [1.82, 2.24) is 10.2 Å². The number of hydrogen-bond donors (Lipinski definition) is 3. The number of amides is 3. The molecule has 0 saturated carbocycles. The lowest BCUT2D eigenvalue weighted by molar-refractivity contribution is -0.154. The monoisotopic (exact) mass is 414 g/mol. The number of halogens is 1. The van der Waals surface area contributed by atoms with Gasteiger partial charge >= 0.3 is 6.03 Å². The van der Waals surface area contributed by atoms with Crippen molar-refractivity contribution in [3.63, 3.8) is 0 Å². The molecule has 21 heavy (non-hydrogen) atoms. The van der Waals surface area contributed by atoms with E-state index in [9.17, 15) is 14.7 Å². The lowest BCUT2D eigenvalue weighted by Gasteiger charge is -2.45. The summed E-state index contributed by atoms with van der Waals surface area (Å²) in [6.07, 6.45) is -2.56. The van der Waals surface area contributed by atoms with E-state index < -0.39 is 40.0 Å². The molecule has 0 aromatic carbocycles. The third-order valence-corrected chi connectivity index (χ3v) is 5.69. The third kappa shape index (κ3) is 2.77. The molecule has 3 N–H and O–H groups in total. The molecule has 0 aromatic rings. The molecule has 0 aromatic heterocycles. The number of nitrogens with one attached hydrogen (secondary N) is 1. The van der Waals surface area contributed by atoms with Gasteiger partial charge in [-0.1, -0.05) is 29.5 Å². The Morgan fingerprint density at radius 1 is 1.57 bits per heavy atom. The Morgan fingerprint density at radius 2 is 2.24 bits per heavy atom. The molecule has 5 atom stereocenters. The Morgan fingerprint density at radius 3 is 2.71 bits per heavy atom. The van der Waals surface area contributed by atoms with Gasteiger partial charge in [0.2, 0.25) is 5.91 Å². The van der Waals surface area contributed by atoms with Gasteiger partial charge in [-0.25, -0.2) is 4.79 Å². The molecule has 0 spiro atoms. The summed E-state index contributed by atoms with van der Waals surface area (Å²) in [5, 5.41) is 21.3. The van der Waals surface area contributed by atoms with Gasteiger partial charge in [-0.15, -0.1) is 0 Å². The van der Waals surface area contributed by atoms with Crippen LogP contribution < -0.4 is 5.32 Å². The quantitative estimate of drug-likeness (QED) is 0.426. The van der Waals surface area contributed by atoms with E-state index in [4.69, 9.17) is 14.6 Å². The lowest BCUT2D eigenvalue weighted by Crippen LogP contribution is -2.69. The van der Waals surface area contributed by atoms with Crippen LogP contribution in [-0.4, -0.2) is 68.9 Å². The maximum Gasteiger partial charge on any atom is 0.328 e. The number of ether oxygens (including phenoxy) is 2. The van der Waals surface area contributed by atoms with E-state index in [-0.39, 0.29) is 13.0 Å². The number of hydrogen-bond acceptors (Lipinski definition) is 6. The molecule has 2 rings (SSSR count). The van der Waals surface area contributed by atoms with Crippen molar-refractivity contribution >= 4 is 34.5 Å². The Balaban J connectivity index is 2.28. The Bertz CT molecular complexity index is 436. The second-order valence-electron chi connectivity index (χ2n) is 5.09. The van der Waals surface area contributed by atoms with Crippen LogP contribution in [0.5, 0.6) is 0 Å². The molecule has 2 aliphatic heterocycles. The minimum absolute atomic E-state index is 0.156. The standard InChI is InChI=1S/C12H19IN2O6/c1-3-12(13)9(18)14-11(19)15(10(12)20-2)8-4-6(17)7(5-16)21-8/h6-8,10,16-17H,3-5H2,1-2H3,(H,14,18,19)/t6-,7+,8+,10+,12-/m0/s1. The van der Waals surface area contributed by atoms with Crippen LogP contribution in [0.4, 0.5) is 4.79 Å². The first-order valence-electron chi connectivity index (χ1n) is 6.68. The first-order valence-corrected chi connectivity index (χ1v) is 7.76. The second kappa shape index (κ2) is 6.32. The van der Waals surface area contributed by atoms with Gasteiger partial charge in [0, 0.05) is 13.5 Å². The van der Waals surface area contributed by atoms with Crippen molar-refractivity contribution in [2.75, 3.05) is 13.7 Å².